The number of carbonyl (C=O) groups excluding carboxylic acids is 4. The van der Waals surface area contributed by atoms with Gasteiger partial charge in [0.2, 0.25) is 17.7 Å². The van der Waals surface area contributed by atoms with Crippen LogP contribution in [0, 0.1) is 0 Å². The van der Waals surface area contributed by atoms with Crippen LogP contribution in [0.4, 0.5) is 4.79 Å². The summed E-state index contributed by atoms with van der Waals surface area (Å²) in [5.41, 5.74) is 2.96. The lowest BCUT2D eigenvalue weighted by molar-refractivity contribution is -0.188. The van der Waals surface area contributed by atoms with Crippen LogP contribution in [0.3, 0.4) is 0 Å². The SMILES string of the molecule is C=CCN1CC(=O)N2[C@@H](C)C(=O)N(Cc3cccc4nnn(CC(=O)N5CCOCC5)c34)C[C@@H]2N1C(=O)NCc1ccccc1. The van der Waals surface area contributed by atoms with Crippen molar-refractivity contribution in [3.05, 3.63) is 72.3 Å². The molecule has 3 aromatic rings. The third kappa shape index (κ3) is 6.11. The number of carbonyl (C=O) groups is 4. The highest BCUT2D eigenvalue weighted by Gasteiger charge is 2.49. The van der Waals surface area contributed by atoms with Crippen LogP contribution in [0.2, 0.25) is 0 Å². The van der Waals surface area contributed by atoms with Gasteiger partial charge in [0, 0.05) is 32.7 Å². The van der Waals surface area contributed by atoms with Crippen LogP contribution >= 0.6 is 0 Å². The minimum atomic E-state index is -0.795. The molecule has 236 valence electrons. The number of benzene rings is 2. The third-order valence-corrected chi connectivity index (χ3v) is 8.45. The molecular weight excluding hydrogens is 578 g/mol. The number of para-hydroxylation sites is 1. The van der Waals surface area contributed by atoms with E-state index in [2.05, 4.69) is 22.2 Å². The van der Waals surface area contributed by atoms with E-state index in [0.717, 1.165) is 11.1 Å². The van der Waals surface area contributed by atoms with Crippen molar-refractivity contribution in [1.29, 1.82) is 0 Å². The summed E-state index contributed by atoms with van der Waals surface area (Å²) in [5.74, 6) is -0.555. The average Bonchev–Trinajstić information content (AvgIpc) is 3.46. The maximum absolute atomic E-state index is 13.7. The molecule has 0 saturated carbocycles. The van der Waals surface area contributed by atoms with Gasteiger partial charge in [0.25, 0.3) is 0 Å². The monoisotopic (exact) mass is 615 g/mol. The quantitative estimate of drug-likeness (QED) is 0.368. The van der Waals surface area contributed by atoms with E-state index in [1.54, 1.807) is 32.5 Å². The molecule has 45 heavy (non-hydrogen) atoms. The Kier molecular flexibility index (Phi) is 8.76. The first kappa shape index (κ1) is 30.2. The van der Waals surface area contributed by atoms with Crippen molar-refractivity contribution in [2.24, 2.45) is 0 Å². The lowest BCUT2D eigenvalue weighted by atomic mass is 10.1. The fourth-order valence-corrected chi connectivity index (χ4v) is 6.25. The second kappa shape index (κ2) is 13.0. The van der Waals surface area contributed by atoms with Crippen molar-refractivity contribution in [2.45, 2.75) is 38.8 Å². The topological polar surface area (TPSA) is 136 Å². The van der Waals surface area contributed by atoms with Gasteiger partial charge >= 0.3 is 6.03 Å². The van der Waals surface area contributed by atoms with Crippen LogP contribution in [0.5, 0.6) is 0 Å². The summed E-state index contributed by atoms with van der Waals surface area (Å²) in [5, 5.41) is 14.7. The largest absolute Gasteiger partial charge is 0.378 e. The molecule has 3 aliphatic rings. The summed E-state index contributed by atoms with van der Waals surface area (Å²) in [4.78, 5) is 58.8. The highest BCUT2D eigenvalue weighted by atomic mass is 16.5. The minimum Gasteiger partial charge on any atom is -0.378 e. The summed E-state index contributed by atoms with van der Waals surface area (Å²) in [7, 11) is 0. The molecular formula is C31H37N9O5. The Bertz CT molecular complexity index is 1590. The van der Waals surface area contributed by atoms with Crippen molar-refractivity contribution in [1.82, 2.24) is 45.0 Å². The molecule has 2 aromatic carbocycles. The Morgan fingerprint density at radius 3 is 2.62 bits per heavy atom. The van der Waals surface area contributed by atoms with Crippen LogP contribution in [0.25, 0.3) is 11.0 Å². The van der Waals surface area contributed by atoms with Gasteiger partial charge in [-0.15, -0.1) is 11.7 Å². The number of urea groups is 1. The predicted molar refractivity (Wildman–Crippen MR) is 163 cm³/mol. The zero-order valence-corrected chi connectivity index (χ0v) is 25.2. The van der Waals surface area contributed by atoms with Crippen molar-refractivity contribution in [2.75, 3.05) is 45.9 Å². The number of aromatic nitrogens is 3. The van der Waals surface area contributed by atoms with Gasteiger partial charge < -0.3 is 24.8 Å². The lowest BCUT2D eigenvalue weighted by Gasteiger charge is -2.54. The van der Waals surface area contributed by atoms with Crippen molar-refractivity contribution < 1.29 is 23.9 Å². The van der Waals surface area contributed by atoms with Gasteiger partial charge in [-0.2, -0.15) is 0 Å². The van der Waals surface area contributed by atoms with Gasteiger partial charge in [-0.05, 0) is 24.1 Å². The van der Waals surface area contributed by atoms with Crippen LogP contribution in [0.1, 0.15) is 18.1 Å². The molecule has 14 heteroatoms. The van der Waals surface area contributed by atoms with Gasteiger partial charge in [-0.25, -0.2) is 19.5 Å². The van der Waals surface area contributed by atoms with Gasteiger partial charge in [-0.3, -0.25) is 14.4 Å². The van der Waals surface area contributed by atoms with Gasteiger partial charge in [0.1, 0.15) is 24.3 Å². The Morgan fingerprint density at radius 2 is 1.87 bits per heavy atom. The smallest absolute Gasteiger partial charge is 0.334 e. The highest BCUT2D eigenvalue weighted by Crippen LogP contribution is 2.28. The predicted octanol–water partition coefficient (Wildman–Crippen LogP) is 0.804. The first-order chi connectivity index (χ1) is 21.9. The molecule has 0 radical (unpaired) electrons. The van der Waals surface area contributed by atoms with Crippen molar-refractivity contribution >= 4 is 34.8 Å². The van der Waals surface area contributed by atoms with Gasteiger partial charge in [-0.1, -0.05) is 53.8 Å². The maximum Gasteiger partial charge on any atom is 0.334 e. The average molecular weight is 616 g/mol. The van der Waals surface area contributed by atoms with Gasteiger partial charge in [0.15, 0.2) is 0 Å². The standard InChI is InChI=1S/C31H37N9O5/c1-3-12-37-20-28(42)39-22(2)30(43)36(19-26(39)40(37)31(44)32-17-23-8-5-4-6-9-23)18-24-10-7-11-25-29(24)38(34-33-25)21-27(41)35-13-15-45-16-14-35/h3-11,22,26H,1,12-21H2,2H3,(H,32,44)/t22-,26-/m0/s1. The number of rotatable bonds is 8. The Hall–Kier alpha value is -4.82. The first-order valence-corrected chi connectivity index (χ1v) is 15.1. The number of hydrazine groups is 1. The number of morpholine rings is 1. The molecule has 3 aliphatic heterocycles. The summed E-state index contributed by atoms with van der Waals surface area (Å²) in [6, 6.07) is 13.9. The summed E-state index contributed by atoms with van der Waals surface area (Å²) in [6.07, 6.45) is 0.905. The zero-order valence-electron chi connectivity index (χ0n) is 25.2. The molecule has 2 atom stereocenters. The number of piperazine rings is 1. The molecule has 1 aromatic heterocycles. The van der Waals surface area contributed by atoms with Crippen molar-refractivity contribution in [3.8, 4) is 0 Å². The van der Waals surface area contributed by atoms with Crippen LogP contribution in [-0.2, 0) is 38.8 Å². The lowest BCUT2D eigenvalue weighted by Crippen LogP contribution is -2.75. The zero-order chi connectivity index (χ0) is 31.5. The minimum absolute atomic E-state index is 0.00858. The van der Waals surface area contributed by atoms with E-state index in [9.17, 15) is 19.2 Å². The summed E-state index contributed by atoms with van der Waals surface area (Å²) in [6.45, 7) is 8.34. The Morgan fingerprint density at radius 1 is 1.09 bits per heavy atom. The Balaban J connectivity index is 1.26. The molecule has 3 saturated heterocycles. The van der Waals surface area contributed by atoms with E-state index in [4.69, 9.17) is 4.74 Å². The molecule has 3 fully saturated rings. The van der Waals surface area contributed by atoms with Crippen LogP contribution < -0.4 is 5.32 Å². The number of nitrogens with one attached hydrogen (secondary N) is 1. The number of hydrogen-bond acceptors (Lipinski definition) is 8. The fraction of sp³-hybridized carbons (Fsp3) is 0.419. The second-order valence-corrected chi connectivity index (χ2v) is 11.3. The van der Waals surface area contributed by atoms with E-state index >= 15 is 0 Å². The van der Waals surface area contributed by atoms with Crippen molar-refractivity contribution in [3.63, 3.8) is 0 Å². The number of amides is 5. The fourth-order valence-electron chi connectivity index (χ4n) is 6.25. The molecule has 0 spiro atoms. The molecule has 0 bridgehead atoms. The second-order valence-electron chi connectivity index (χ2n) is 11.3. The molecule has 4 heterocycles. The third-order valence-electron chi connectivity index (χ3n) is 8.45. The highest BCUT2D eigenvalue weighted by molar-refractivity contribution is 5.91. The molecule has 1 N–H and O–H groups in total. The Labute approximate surface area is 260 Å². The number of fused-ring (bicyclic) bond motifs is 2. The normalized spacial score (nSPS) is 20.8. The van der Waals surface area contributed by atoms with Crippen LogP contribution in [0.15, 0.2) is 61.2 Å². The molecule has 14 nitrogen and oxygen atoms in total. The molecule has 6 rings (SSSR count). The van der Waals surface area contributed by atoms with E-state index in [1.807, 2.05) is 48.5 Å². The summed E-state index contributed by atoms with van der Waals surface area (Å²) < 4.78 is 6.95. The first-order valence-electron chi connectivity index (χ1n) is 15.1. The van der Waals surface area contributed by atoms with Crippen LogP contribution in [-0.4, -0.2) is 122 Å². The van der Waals surface area contributed by atoms with E-state index in [0.29, 0.717) is 43.9 Å². The maximum atomic E-state index is 13.7. The van der Waals surface area contributed by atoms with Gasteiger partial charge in [0.05, 0.1) is 31.8 Å². The van der Waals surface area contributed by atoms with E-state index in [-0.39, 0.29) is 56.5 Å². The summed E-state index contributed by atoms with van der Waals surface area (Å²) >= 11 is 0. The number of hydrogen-bond donors (Lipinski definition) is 1. The molecule has 5 amide bonds. The molecule has 0 aliphatic carbocycles. The molecule has 0 unspecified atom stereocenters. The van der Waals surface area contributed by atoms with E-state index in [1.165, 1.54) is 9.91 Å². The number of nitrogens with zero attached hydrogens (tertiary/aromatic N) is 8. The van der Waals surface area contributed by atoms with E-state index < -0.39 is 12.2 Å². The number of ether oxygens (including phenoxy) is 1.